The van der Waals surface area contributed by atoms with Gasteiger partial charge in [0, 0.05) is 18.7 Å². The third-order valence-corrected chi connectivity index (χ3v) is 6.74. The number of carbonyl (C=O) groups excluding carboxylic acids is 1. The van der Waals surface area contributed by atoms with E-state index in [9.17, 15) is 9.90 Å². The van der Waals surface area contributed by atoms with E-state index in [1.54, 1.807) is 0 Å². The van der Waals surface area contributed by atoms with Gasteiger partial charge in [-0.3, -0.25) is 9.69 Å². The average molecular weight is 349 g/mol. The van der Waals surface area contributed by atoms with Crippen molar-refractivity contribution in [3.63, 3.8) is 0 Å². The number of fused-ring (bicyclic) bond motifs is 1. The SMILES string of the molecule is CC12CN(CC(=O)c3ccccc3)CC1(C)CC(O)(c1ccccc1)C2. The van der Waals surface area contributed by atoms with Gasteiger partial charge in [0.25, 0.3) is 0 Å². The minimum absolute atomic E-state index is 0.00849. The third kappa shape index (κ3) is 2.80. The fourth-order valence-electron chi connectivity index (χ4n) is 5.30. The maximum absolute atomic E-state index is 12.6. The van der Waals surface area contributed by atoms with Gasteiger partial charge in [0.15, 0.2) is 5.78 Å². The number of benzene rings is 2. The lowest BCUT2D eigenvalue weighted by molar-refractivity contribution is 0.0220. The number of nitrogens with zero attached hydrogens (tertiary/aromatic N) is 1. The Morgan fingerprint density at radius 1 is 0.923 bits per heavy atom. The molecular weight excluding hydrogens is 322 g/mol. The first-order valence-electron chi connectivity index (χ1n) is 9.42. The molecule has 1 N–H and O–H groups in total. The van der Waals surface area contributed by atoms with Crippen LogP contribution in [0, 0.1) is 10.8 Å². The van der Waals surface area contributed by atoms with Gasteiger partial charge in [-0.2, -0.15) is 0 Å². The van der Waals surface area contributed by atoms with Crippen LogP contribution in [0.25, 0.3) is 0 Å². The Hall–Kier alpha value is -1.97. The zero-order valence-electron chi connectivity index (χ0n) is 15.6. The molecule has 0 bridgehead atoms. The molecule has 2 fully saturated rings. The largest absolute Gasteiger partial charge is 0.385 e. The number of hydrogen-bond acceptors (Lipinski definition) is 3. The van der Waals surface area contributed by atoms with Gasteiger partial charge < -0.3 is 5.11 Å². The number of aliphatic hydroxyl groups is 1. The zero-order chi connectivity index (χ0) is 18.4. The van der Waals surface area contributed by atoms with E-state index in [0.29, 0.717) is 6.54 Å². The minimum Gasteiger partial charge on any atom is -0.385 e. The van der Waals surface area contributed by atoms with Crippen LogP contribution in [0.5, 0.6) is 0 Å². The van der Waals surface area contributed by atoms with Crippen molar-refractivity contribution in [3.8, 4) is 0 Å². The average Bonchev–Trinajstić information content (AvgIpc) is 2.96. The standard InChI is InChI=1S/C23H27NO2/c1-21-14-23(26,19-11-7-4-8-12-19)15-22(21,2)17-24(16-21)13-20(25)18-9-5-3-6-10-18/h3-12,26H,13-17H2,1-2H3. The van der Waals surface area contributed by atoms with E-state index in [4.69, 9.17) is 0 Å². The fourth-order valence-corrected chi connectivity index (χ4v) is 5.30. The second kappa shape index (κ2) is 6.04. The molecule has 4 rings (SSSR count). The molecule has 0 amide bonds. The van der Waals surface area contributed by atoms with Crippen LogP contribution in [0.3, 0.4) is 0 Å². The van der Waals surface area contributed by atoms with Gasteiger partial charge in [-0.05, 0) is 29.2 Å². The molecule has 1 heterocycles. The molecule has 1 saturated carbocycles. The summed E-state index contributed by atoms with van der Waals surface area (Å²) < 4.78 is 0. The number of rotatable bonds is 4. The van der Waals surface area contributed by atoms with Crippen LogP contribution >= 0.6 is 0 Å². The molecular formula is C23H27NO2. The Bertz CT molecular complexity index is 783. The van der Waals surface area contributed by atoms with Crippen molar-refractivity contribution in [3.05, 3.63) is 71.8 Å². The molecule has 26 heavy (non-hydrogen) atoms. The van der Waals surface area contributed by atoms with Crippen molar-refractivity contribution in [1.82, 2.24) is 4.90 Å². The number of likely N-dealkylation sites (tertiary alicyclic amines) is 1. The normalized spacial score (nSPS) is 34.0. The molecule has 1 aliphatic heterocycles. The van der Waals surface area contributed by atoms with Gasteiger partial charge in [-0.15, -0.1) is 0 Å². The van der Waals surface area contributed by atoms with Crippen LogP contribution in [0.2, 0.25) is 0 Å². The summed E-state index contributed by atoms with van der Waals surface area (Å²) in [6, 6.07) is 19.6. The number of carbonyl (C=O) groups is 1. The van der Waals surface area contributed by atoms with Gasteiger partial charge in [0.2, 0.25) is 0 Å². The van der Waals surface area contributed by atoms with Crippen molar-refractivity contribution < 1.29 is 9.90 Å². The molecule has 0 spiro atoms. The molecule has 0 radical (unpaired) electrons. The Morgan fingerprint density at radius 3 is 1.96 bits per heavy atom. The highest BCUT2D eigenvalue weighted by molar-refractivity contribution is 5.97. The summed E-state index contributed by atoms with van der Waals surface area (Å²) in [5.74, 6) is 0.177. The molecule has 2 aromatic carbocycles. The predicted octanol–water partition coefficient (Wildman–Crippen LogP) is 3.88. The Kier molecular flexibility index (Phi) is 4.05. The molecule has 2 aromatic rings. The second-order valence-electron chi connectivity index (χ2n) is 8.81. The van der Waals surface area contributed by atoms with Crippen LogP contribution < -0.4 is 0 Å². The number of ketones is 1. The first-order chi connectivity index (χ1) is 12.3. The summed E-state index contributed by atoms with van der Waals surface area (Å²) in [5, 5.41) is 11.4. The van der Waals surface area contributed by atoms with E-state index < -0.39 is 5.60 Å². The Balaban J connectivity index is 1.51. The van der Waals surface area contributed by atoms with Gasteiger partial charge in [-0.1, -0.05) is 74.5 Å². The lowest BCUT2D eigenvalue weighted by Crippen LogP contribution is -2.33. The zero-order valence-corrected chi connectivity index (χ0v) is 15.6. The quantitative estimate of drug-likeness (QED) is 0.852. The molecule has 3 heteroatoms. The van der Waals surface area contributed by atoms with Crippen LogP contribution in [0.15, 0.2) is 60.7 Å². The maximum Gasteiger partial charge on any atom is 0.176 e. The summed E-state index contributed by atoms with van der Waals surface area (Å²) in [7, 11) is 0. The van der Waals surface area contributed by atoms with E-state index in [2.05, 4.69) is 18.7 Å². The predicted molar refractivity (Wildman–Crippen MR) is 103 cm³/mol. The monoisotopic (exact) mass is 349 g/mol. The van der Waals surface area contributed by atoms with Crippen LogP contribution in [-0.2, 0) is 5.60 Å². The van der Waals surface area contributed by atoms with Gasteiger partial charge in [-0.25, -0.2) is 0 Å². The molecule has 2 unspecified atom stereocenters. The number of hydrogen-bond donors (Lipinski definition) is 1. The van der Waals surface area contributed by atoms with E-state index >= 15 is 0 Å². The molecule has 1 aliphatic carbocycles. The first kappa shape index (κ1) is 17.4. The van der Waals surface area contributed by atoms with E-state index in [1.165, 1.54) is 0 Å². The van der Waals surface area contributed by atoms with Crippen LogP contribution in [0.1, 0.15) is 42.6 Å². The smallest absolute Gasteiger partial charge is 0.176 e. The lowest BCUT2D eigenvalue weighted by atomic mass is 9.71. The highest BCUT2D eigenvalue weighted by atomic mass is 16.3. The van der Waals surface area contributed by atoms with Gasteiger partial charge in [0.1, 0.15) is 0 Å². The van der Waals surface area contributed by atoms with Crippen molar-refractivity contribution in [2.45, 2.75) is 32.3 Å². The first-order valence-corrected chi connectivity index (χ1v) is 9.42. The third-order valence-electron chi connectivity index (χ3n) is 6.74. The fraction of sp³-hybridized carbons (Fsp3) is 0.435. The van der Waals surface area contributed by atoms with Crippen molar-refractivity contribution in [1.29, 1.82) is 0 Å². The van der Waals surface area contributed by atoms with E-state index in [0.717, 1.165) is 37.1 Å². The van der Waals surface area contributed by atoms with Crippen LogP contribution in [0.4, 0.5) is 0 Å². The molecule has 1 saturated heterocycles. The van der Waals surface area contributed by atoms with Crippen LogP contribution in [-0.4, -0.2) is 35.4 Å². The highest BCUT2D eigenvalue weighted by Gasteiger charge is 2.62. The lowest BCUT2D eigenvalue weighted by Gasteiger charge is -2.32. The van der Waals surface area contributed by atoms with Crippen molar-refractivity contribution in [2.24, 2.45) is 10.8 Å². The topological polar surface area (TPSA) is 40.5 Å². The highest BCUT2D eigenvalue weighted by Crippen LogP contribution is 2.63. The molecule has 2 aliphatic rings. The van der Waals surface area contributed by atoms with Crippen molar-refractivity contribution in [2.75, 3.05) is 19.6 Å². The molecule has 3 nitrogen and oxygen atoms in total. The van der Waals surface area contributed by atoms with Gasteiger partial charge in [0.05, 0.1) is 12.1 Å². The minimum atomic E-state index is -0.764. The molecule has 136 valence electrons. The van der Waals surface area contributed by atoms with Crippen molar-refractivity contribution >= 4 is 5.78 Å². The summed E-state index contributed by atoms with van der Waals surface area (Å²) >= 11 is 0. The Labute approximate surface area is 155 Å². The summed E-state index contributed by atoms with van der Waals surface area (Å²) in [6.45, 7) is 6.73. The van der Waals surface area contributed by atoms with Gasteiger partial charge >= 0.3 is 0 Å². The number of Topliss-reactive ketones (excluding diaryl/α,β-unsaturated/α-hetero) is 1. The second-order valence-corrected chi connectivity index (χ2v) is 8.81. The molecule has 0 aromatic heterocycles. The van der Waals surface area contributed by atoms with E-state index in [1.807, 2.05) is 60.7 Å². The summed E-state index contributed by atoms with van der Waals surface area (Å²) in [4.78, 5) is 14.9. The summed E-state index contributed by atoms with van der Waals surface area (Å²) in [6.07, 6.45) is 1.49. The Morgan fingerprint density at radius 2 is 1.42 bits per heavy atom. The van der Waals surface area contributed by atoms with E-state index in [-0.39, 0.29) is 16.6 Å². The summed E-state index contributed by atoms with van der Waals surface area (Å²) in [5.41, 5.74) is 1.05. The molecule has 2 atom stereocenters. The maximum atomic E-state index is 12.6.